The minimum atomic E-state index is -0.614. The van der Waals surface area contributed by atoms with Crippen molar-refractivity contribution in [2.24, 2.45) is 0 Å². The number of hydrogen-bond donors (Lipinski definition) is 2. The zero-order valence-corrected chi connectivity index (χ0v) is 20.5. The molecule has 1 aromatic carbocycles. The number of pyridine rings is 2. The van der Waals surface area contributed by atoms with Crippen molar-refractivity contribution in [1.82, 2.24) is 24.5 Å². The molecule has 10 nitrogen and oxygen atoms in total. The van der Waals surface area contributed by atoms with Gasteiger partial charge in [0.25, 0.3) is 0 Å². The molecule has 0 aliphatic rings. The van der Waals surface area contributed by atoms with Crippen LogP contribution in [0.25, 0.3) is 28.1 Å². The molecule has 0 radical (unpaired) electrons. The van der Waals surface area contributed by atoms with E-state index in [4.69, 9.17) is 15.2 Å². The average Bonchev–Trinajstić information content (AvgIpc) is 3.30. The lowest BCUT2D eigenvalue weighted by atomic mass is 10.2. The molecule has 0 bridgehead atoms. The maximum absolute atomic E-state index is 15.3. The SMILES string of the molecule is C=CC(=O)Nc1cnc(-c2cc3ncnc(N)c3n2-c2ccc(Oc3cccc(C)n3)c(F)c2)c(OC)c1. The van der Waals surface area contributed by atoms with E-state index in [0.717, 1.165) is 11.8 Å². The zero-order chi connectivity index (χ0) is 26.8. The summed E-state index contributed by atoms with van der Waals surface area (Å²) in [6.07, 6.45) is 3.97. The number of carbonyl (C=O) groups excluding carboxylic acids is 1. The number of nitrogen functional groups attached to an aromatic ring is 1. The second kappa shape index (κ2) is 9.97. The van der Waals surface area contributed by atoms with Crippen molar-refractivity contribution < 1.29 is 18.7 Å². The lowest BCUT2D eigenvalue weighted by Gasteiger charge is -2.15. The predicted octanol–water partition coefficient (Wildman–Crippen LogP) is 4.83. The number of benzene rings is 1. The second-order valence-electron chi connectivity index (χ2n) is 8.16. The lowest BCUT2D eigenvalue weighted by molar-refractivity contribution is -0.111. The first-order valence-corrected chi connectivity index (χ1v) is 11.4. The molecule has 11 heteroatoms. The number of ether oxygens (including phenoxy) is 2. The Bertz CT molecular complexity index is 1700. The highest BCUT2D eigenvalue weighted by atomic mass is 19.1. The van der Waals surface area contributed by atoms with E-state index in [9.17, 15) is 4.79 Å². The van der Waals surface area contributed by atoms with Gasteiger partial charge in [0.15, 0.2) is 17.4 Å². The number of aryl methyl sites for hydroxylation is 1. The summed E-state index contributed by atoms with van der Waals surface area (Å²) in [5.74, 6) is -0.173. The molecule has 0 saturated heterocycles. The third kappa shape index (κ3) is 4.60. The van der Waals surface area contributed by atoms with Crippen LogP contribution in [-0.4, -0.2) is 37.5 Å². The van der Waals surface area contributed by atoms with Crippen LogP contribution in [0, 0.1) is 12.7 Å². The minimum absolute atomic E-state index is 0.00658. The number of hydrogen-bond acceptors (Lipinski definition) is 8. The number of nitrogens with zero attached hydrogens (tertiary/aromatic N) is 5. The van der Waals surface area contributed by atoms with Crippen molar-refractivity contribution in [3.05, 3.63) is 85.2 Å². The normalized spacial score (nSPS) is 10.8. The van der Waals surface area contributed by atoms with Gasteiger partial charge in [-0.25, -0.2) is 24.3 Å². The van der Waals surface area contributed by atoms with E-state index in [1.165, 1.54) is 31.8 Å². The molecule has 4 aromatic heterocycles. The number of amides is 1. The van der Waals surface area contributed by atoms with Gasteiger partial charge in [0.2, 0.25) is 11.8 Å². The molecule has 0 fully saturated rings. The molecule has 0 atom stereocenters. The Morgan fingerprint density at radius 1 is 1.13 bits per heavy atom. The van der Waals surface area contributed by atoms with E-state index in [1.807, 2.05) is 13.0 Å². The summed E-state index contributed by atoms with van der Waals surface area (Å²) in [4.78, 5) is 28.9. The van der Waals surface area contributed by atoms with E-state index < -0.39 is 11.7 Å². The van der Waals surface area contributed by atoms with Crippen molar-refractivity contribution in [2.75, 3.05) is 18.2 Å². The van der Waals surface area contributed by atoms with Crippen molar-refractivity contribution in [2.45, 2.75) is 6.92 Å². The second-order valence-corrected chi connectivity index (χ2v) is 8.16. The summed E-state index contributed by atoms with van der Waals surface area (Å²) in [5, 5.41) is 2.65. The predicted molar refractivity (Wildman–Crippen MR) is 141 cm³/mol. The molecule has 190 valence electrons. The Balaban J connectivity index is 1.64. The first kappa shape index (κ1) is 24.4. The van der Waals surface area contributed by atoms with Gasteiger partial charge in [0, 0.05) is 29.6 Å². The van der Waals surface area contributed by atoms with Crippen LogP contribution in [0.5, 0.6) is 17.4 Å². The van der Waals surface area contributed by atoms with Crippen molar-refractivity contribution in [3.8, 4) is 34.5 Å². The fraction of sp³-hybridized carbons (Fsp3) is 0.0741. The summed E-state index contributed by atoms with van der Waals surface area (Å²) in [6.45, 7) is 5.27. The van der Waals surface area contributed by atoms with Crippen LogP contribution in [0.15, 0.2) is 73.7 Å². The molecule has 0 unspecified atom stereocenters. The molecule has 0 aliphatic carbocycles. The molecule has 5 aromatic rings. The van der Waals surface area contributed by atoms with Crippen LogP contribution >= 0.6 is 0 Å². The monoisotopic (exact) mass is 511 g/mol. The largest absolute Gasteiger partial charge is 0.494 e. The Morgan fingerprint density at radius 3 is 2.71 bits per heavy atom. The van der Waals surface area contributed by atoms with Gasteiger partial charge in [-0.05, 0) is 37.3 Å². The summed E-state index contributed by atoms with van der Waals surface area (Å²) < 4.78 is 28.2. The van der Waals surface area contributed by atoms with E-state index in [-0.39, 0.29) is 17.4 Å². The number of rotatable bonds is 7. The first-order chi connectivity index (χ1) is 18.4. The Kier molecular flexibility index (Phi) is 6.40. The van der Waals surface area contributed by atoms with Crippen molar-refractivity contribution in [3.63, 3.8) is 0 Å². The molecule has 0 aliphatic heterocycles. The molecule has 1 amide bonds. The highest BCUT2D eigenvalue weighted by Gasteiger charge is 2.21. The van der Waals surface area contributed by atoms with Gasteiger partial charge in [0.1, 0.15) is 23.3 Å². The number of anilines is 2. The fourth-order valence-corrected chi connectivity index (χ4v) is 3.95. The molecule has 0 spiro atoms. The Morgan fingerprint density at radius 2 is 1.97 bits per heavy atom. The smallest absolute Gasteiger partial charge is 0.247 e. The third-order valence-corrected chi connectivity index (χ3v) is 5.64. The highest BCUT2D eigenvalue weighted by Crippen LogP contribution is 2.38. The van der Waals surface area contributed by atoms with E-state index in [0.29, 0.717) is 39.5 Å². The van der Waals surface area contributed by atoms with E-state index in [1.54, 1.807) is 34.9 Å². The summed E-state index contributed by atoms with van der Waals surface area (Å²) in [6, 6.07) is 13.1. The van der Waals surface area contributed by atoms with Gasteiger partial charge in [-0.15, -0.1) is 0 Å². The number of halogens is 1. The number of nitrogens with two attached hydrogens (primary N) is 1. The number of methoxy groups -OCH3 is 1. The van der Waals surface area contributed by atoms with Gasteiger partial charge in [-0.3, -0.25) is 4.79 Å². The molecular formula is C27H22FN7O3. The summed E-state index contributed by atoms with van der Waals surface area (Å²) >= 11 is 0. The van der Waals surface area contributed by atoms with Gasteiger partial charge in [0.05, 0.1) is 30.2 Å². The molecule has 38 heavy (non-hydrogen) atoms. The zero-order valence-electron chi connectivity index (χ0n) is 20.5. The Labute approximate surface area is 216 Å². The summed E-state index contributed by atoms with van der Waals surface area (Å²) in [5.41, 5.74) is 9.71. The number of fused-ring (bicyclic) bond motifs is 1. The maximum Gasteiger partial charge on any atom is 0.247 e. The maximum atomic E-state index is 15.3. The molecule has 3 N–H and O–H groups in total. The fourth-order valence-electron chi connectivity index (χ4n) is 3.95. The van der Waals surface area contributed by atoms with Gasteiger partial charge in [-0.1, -0.05) is 12.6 Å². The topological polar surface area (TPSA) is 130 Å². The third-order valence-electron chi connectivity index (χ3n) is 5.64. The molecule has 0 saturated carbocycles. The van der Waals surface area contributed by atoms with Crippen LogP contribution in [0.3, 0.4) is 0 Å². The van der Waals surface area contributed by atoms with Crippen molar-refractivity contribution >= 4 is 28.4 Å². The molecular weight excluding hydrogens is 489 g/mol. The highest BCUT2D eigenvalue weighted by molar-refractivity contribution is 5.99. The average molecular weight is 512 g/mol. The van der Waals surface area contributed by atoms with Gasteiger partial charge >= 0.3 is 0 Å². The van der Waals surface area contributed by atoms with Crippen molar-refractivity contribution in [1.29, 1.82) is 0 Å². The number of nitrogens with one attached hydrogen (secondary N) is 1. The van der Waals surface area contributed by atoms with Crippen LogP contribution in [0.1, 0.15) is 5.69 Å². The van der Waals surface area contributed by atoms with Crippen LogP contribution in [-0.2, 0) is 4.79 Å². The van der Waals surface area contributed by atoms with Gasteiger partial charge < -0.3 is 25.1 Å². The number of carbonyl (C=O) groups is 1. The molecule has 5 rings (SSSR count). The first-order valence-electron chi connectivity index (χ1n) is 11.4. The van der Waals surface area contributed by atoms with Crippen LogP contribution < -0.4 is 20.5 Å². The minimum Gasteiger partial charge on any atom is -0.494 e. The summed E-state index contributed by atoms with van der Waals surface area (Å²) in [7, 11) is 1.48. The number of aromatic nitrogens is 5. The quantitative estimate of drug-likeness (QED) is 0.297. The molecule has 4 heterocycles. The Hall–Kier alpha value is -5.32. The van der Waals surface area contributed by atoms with Crippen LogP contribution in [0.4, 0.5) is 15.9 Å². The standard InChI is InChI=1S/C27H22FN7O3/c1-4-23(36)34-16-10-22(37-3)25(30-13-16)20-12-19-26(27(29)32-14-31-19)35(20)17-8-9-21(18(28)11-17)38-24-7-5-6-15(2)33-24/h4-14H,1H2,2-3H3,(H,34,36)(H2,29,31,32). The lowest BCUT2D eigenvalue weighted by Crippen LogP contribution is -2.08. The van der Waals surface area contributed by atoms with E-state index in [2.05, 4.69) is 31.8 Å². The van der Waals surface area contributed by atoms with Crippen LogP contribution in [0.2, 0.25) is 0 Å². The van der Waals surface area contributed by atoms with E-state index >= 15 is 4.39 Å². The van der Waals surface area contributed by atoms with Gasteiger partial charge in [-0.2, -0.15) is 0 Å².